The van der Waals surface area contributed by atoms with Crippen LogP contribution in [0.15, 0.2) is 53.9 Å². The van der Waals surface area contributed by atoms with Crippen molar-refractivity contribution in [3.63, 3.8) is 0 Å². The first kappa shape index (κ1) is 12.0. The predicted octanol–water partition coefficient (Wildman–Crippen LogP) is 2.66. The maximum Gasteiger partial charge on any atom is 0.135 e. The van der Waals surface area contributed by atoms with Crippen LogP contribution >= 0.6 is 11.6 Å². The van der Waals surface area contributed by atoms with E-state index in [2.05, 4.69) is 20.4 Å². The Labute approximate surface area is 116 Å². The Hall–Kier alpha value is -2.07. The predicted molar refractivity (Wildman–Crippen MR) is 77.3 cm³/mol. The minimum absolute atomic E-state index is 0.658. The van der Waals surface area contributed by atoms with Gasteiger partial charge in [0.25, 0.3) is 0 Å². The van der Waals surface area contributed by atoms with Crippen molar-refractivity contribution >= 4 is 23.1 Å². The van der Waals surface area contributed by atoms with Crippen LogP contribution in [-0.2, 0) is 6.42 Å². The number of nitrogens with zero attached hydrogens (tertiary/aromatic N) is 3. The fourth-order valence-electron chi connectivity index (χ4n) is 2.05. The molecule has 19 heavy (non-hydrogen) atoms. The molecule has 96 valence electrons. The Bertz CT molecular complexity index is 597. The van der Waals surface area contributed by atoms with Gasteiger partial charge in [0.15, 0.2) is 0 Å². The van der Waals surface area contributed by atoms with Gasteiger partial charge in [0.2, 0.25) is 0 Å². The fraction of sp³-hybridized carbons (Fsp3) is 0.143. The highest BCUT2D eigenvalue weighted by molar-refractivity contribution is 6.31. The molecule has 0 unspecified atom stereocenters. The number of benzene rings is 1. The van der Waals surface area contributed by atoms with Gasteiger partial charge in [-0.15, -0.1) is 0 Å². The maximum atomic E-state index is 6.19. The number of hydrogen-bond donors (Lipinski definition) is 1. The lowest BCUT2D eigenvalue weighted by Gasteiger charge is -2.18. The summed E-state index contributed by atoms with van der Waals surface area (Å²) < 4.78 is 0. The minimum atomic E-state index is 0.658. The summed E-state index contributed by atoms with van der Waals surface area (Å²) in [5, 5.41) is 5.10. The minimum Gasteiger partial charge on any atom is -0.307 e. The molecule has 0 saturated heterocycles. The molecule has 1 N–H and O–H groups in total. The van der Waals surface area contributed by atoms with E-state index in [0.717, 1.165) is 22.1 Å². The van der Waals surface area contributed by atoms with Gasteiger partial charge in [0.05, 0.1) is 11.9 Å². The largest absolute Gasteiger partial charge is 0.307 e. The van der Waals surface area contributed by atoms with Crippen molar-refractivity contribution in [2.24, 2.45) is 5.10 Å². The molecule has 0 radical (unpaired) electrons. The molecule has 0 aliphatic carbocycles. The van der Waals surface area contributed by atoms with Gasteiger partial charge in [-0.3, -0.25) is 10.4 Å². The molecule has 0 spiro atoms. The Morgan fingerprint density at radius 1 is 1.21 bits per heavy atom. The molecule has 1 aromatic carbocycles. The van der Waals surface area contributed by atoms with Gasteiger partial charge < -0.3 is 4.90 Å². The van der Waals surface area contributed by atoms with Crippen LogP contribution < -0.4 is 10.3 Å². The lowest BCUT2D eigenvalue weighted by molar-refractivity contribution is 0.807. The number of rotatable bonds is 3. The van der Waals surface area contributed by atoms with E-state index in [1.165, 1.54) is 0 Å². The third kappa shape index (κ3) is 2.53. The van der Waals surface area contributed by atoms with Crippen LogP contribution in [0.5, 0.6) is 0 Å². The van der Waals surface area contributed by atoms with E-state index in [-0.39, 0.29) is 0 Å². The van der Waals surface area contributed by atoms with Crippen molar-refractivity contribution in [1.29, 1.82) is 0 Å². The van der Waals surface area contributed by atoms with Crippen LogP contribution in [0.1, 0.15) is 5.56 Å². The zero-order valence-corrected chi connectivity index (χ0v) is 11.0. The van der Waals surface area contributed by atoms with E-state index in [0.29, 0.717) is 13.1 Å². The van der Waals surface area contributed by atoms with Crippen molar-refractivity contribution in [3.05, 3.63) is 59.4 Å². The van der Waals surface area contributed by atoms with Crippen molar-refractivity contribution < 1.29 is 0 Å². The van der Waals surface area contributed by atoms with E-state index in [1.54, 1.807) is 6.20 Å². The zero-order chi connectivity index (χ0) is 13.1. The second-order valence-electron chi connectivity index (χ2n) is 4.25. The molecule has 0 atom stereocenters. The molecular weight excluding hydrogens is 260 g/mol. The number of pyridine rings is 1. The molecule has 0 bridgehead atoms. The van der Waals surface area contributed by atoms with E-state index < -0.39 is 0 Å². The molecule has 2 heterocycles. The zero-order valence-electron chi connectivity index (χ0n) is 10.3. The van der Waals surface area contributed by atoms with Crippen LogP contribution in [0, 0.1) is 0 Å². The van der Waals surface area contributed by atoms with Gasteiger partial charge in [-0.05, 0) is 23.8 Å². The Balaban J connectivity index is 1.83. The van der Waals surface area contributed by atoms with Crippen LogP contribution in [0.3, 0.4) is 0 Å². The third-order valence-electron chi connectivity index (χ3n) is 3.01. The molecule has 4 nitrogen and oxygen atoms in total. The van der Waals surface area contributed by atoms with Gasteiger partial charge in [0, 0.05) is 17.6 Å². The molecule has 0 amide bonds. The summed E-state index contributed by atoms with van der Waals surface area (Å²) >= 11 is 6.19. The SMILES string of the molecule is Clc1ccccc1CC1=NNCN1c1cccnc1. The molecule has 2 aromatic rings. The number of amidine groups is 1. The van der Waals surface area contributed by atoms with Gasteiger partial charge in [-0.1, -0.05) is 29.8 Å². The first-order valence-corrected chi connectivity index (χ1v) is 6.43. The highest BCUT2D eigenvalue weighted by Gasteiger charge is 2.19. The summed E-state index contributed by atoms with van der Waals surface area (Å²) in [5.41, 5.74) is 5.10. The number of hydrogen-bond acceptors (Lipinski definition) is 4. The van der Waals surface area contributed by atoms with Crippen molar-refractivity contribution in [2.75, 3.05) is 11.6 Å². The number of halogens is 1. The maximum absolute atomic E-state index is 6.19. The van der Waals surface area contributed by atoms with Gasteiger partial charge >= 0.3 is 0 Å². The molecule has 3 rings (SSSR count). The quantitative estimate of drug-likeness (QED) is 0.934. The van der Waals surface area contributed by atoms with E-state index in [4.69, 9.17) is 11.6 Å². The Morgan fingerprint density at radius 2 is 2.11 bits per heavy atom. The first-order valence-electron chi connectivity index (χ1n) is 6.05. The van der Waals surface area contributed by atoms with Crippen LogP contribution in [0.4, 0.5) is 5.69 Å². The fourth-order valence-corrected chi connectivity index (χ4v) is 2.25. The molecule has 5 heteroatoms. The summed E-state index contributed by atoms with van der Waals surface area (Å²) in [6.45, 7) is 0.658. The molecule has 1 aliphatic heterocycles. The average Bonchev–Trinajstić information content (AvgIpc) is 2.91. The summed E-state index contributed by atoms with van der Waals surface area (Å²) in [7, 11) is 0. The second kappa shape index (κ2) is 5.28. The monoisotopic (exact) mass is 272 g/mol. The third-order valence-corrected chi connectivity index (χ3v) is 3.38. The van der Waals surface area contributed by atoms with Crippen molar-refractivity contribution in [2.45, 2.75) is 6.42 Å². The molecule has 1 aliphatic rings. The normalized spacial score (nSPS) is 14.2. The van der Waals surface area contributed by atoms with Crippen molar-refractivity contribution in [3.8, 4) is 0 Å². The number of aromatic nitrogens is 1. The van der Waals surface area contributed by atoms with Crippen molar-refractivity contribution in [1.82, 2.24) is 10.4 Å². The molecule has 0 saturated carbocycles. The standard InChI is InChI=1S/C14H13ClN4/c15-13-6-2-1-4-11(13)8-14-18-17-10-19(14)12-5-3-7-16-9-12/h1-7,9,17H,8,10H2. The average molecular weight is 273 g/mol. The Morgan fingerprint density at radius 3 is 2.89 bits per heavy atom. The van der Waals surface area contributed by atoms with E-state index in [1.807, 2.05) is 42.6 Å². The summed E-state index contributed by atoms with van der Waals surface area (Å²) in [5.74, 6) is 0.945. The molecule has 0 fully saturated rings. The topological polar surface area (TPSA) is 40.5 Å². The summed E-state index contributed by atoms with van der Waals surface area (Å²) in [4.78, 5) is 6.23. The van der Waals surface area contributed by atoms with Crippen LogP contribution in [0.2, 0.25) is 5.02 Å². The van der Waals surface area contributed by atoms with Gasteiger partial charge in [0.1, 0.15) is 12.5 Å². The highest BCUT2D eigenvalue weighted by atomic mass is 35.5. The number of nitrogens with one attached hydrogen (secondary N) is 1. The van der Waals surface area contributed by atoms with Gasteiger partial charge in [-0.25, -0.2) is 0 Å². The second-order valence-corrected chi connectivity index (χ2v) is 4.66. The molecule has 1 aromatic heterocycles. The van der Waals surface area contributed by atoms with Gasteiger partial charge in [-0.2, -0.15) is 5.10 Å². The smallest absolute Gasteiger partial charge is 0.135 e. The van der Waals surface area contributed by atoms with E-state index >= 15 is 0 Å². The summed E-state index contributed by atoms with van der Waals surface area (Å²) in [6.07, 6.45) is 4.29. The van der Waals surface area contributed by atoms with E-state index in [9.17, 15) is 0 Å². The lowest BCUT2D eigenvalue weighted by atomic mass is 10.1. The first-order chi connectivity index (χ1) is 9.34. The lowest BCUT2D eigenvalue weighted by Crippen LogP contribution is -2.30. The van der Waals surface area contributed by atoms with Crippen LogP contribution in [0.25, 0.3) is 0 Å². The number of hydrazone groups is 1. The van der Waals surface area contributed by atoms with Crippen LogP contribution in [-0.4, -0.2) is 17.5 Å². The summed E-state index contributed by atoms with van der Waals surface area (Å²) in [6, 6.07) is 11.8. The number of anilines is 1. The Kier molecular flexibility index (Phi) is 3.33. The highest BCUT2D eigenvalue weighted by Crippen LogP contribution is 2.20. The molecular formula is C14H13ClN4.